The van der Waals surface area contributed by atoms with Crippen LogP contribution in [-0.4, -0.2) is 57.9 Å². The second-order valence-corrected chi connectivity index (χ2v) is 9.36. The van der Waals surface area contributed by atoms with E-state index in [2.05, 4.69) is 15.2 Å². The third kappa shape index (κ3) is 3.99. The van der Waals surface area contributed by atoms with Gasteiger partial charge in [0.05, 0.1) is 17.9 Å². The summed E-state index contributed by atoms with van der Waals surface area (Å²) in [6, 6.07) is 9.34. The molecule has 0 aliphatic carbocycles. The zero-order valence-electron chi connectivity index (χ0n) is 19.1. The third-order valence-electron chi connectivity index (χ3n) is 7.22. The van der Waals surface area contributed by atoms with Gasteiger partial charge in [-0.1, -0.05) is 0 Å². The van der Waals surface area contributed by atoms with E-state index in [1.807, 2.05) is 22.8 Å². The van der Waals surface area contributed by atoms with Crippen molar-refractivity contribution in [3.05, 3.63) is 62.9 Å². The van der Waals surface area contributed by atoms with E-state index in [0.717, 1.165) is 61.4 Å². The Morgan fingerprint density at radius 1 is 0.941 bits per heavy atom. The standard InChI is InChI=1S/C25H29N5O4/c31-23-3-1-17-2-4-24(32)30-20(7-10-29(23)25(17)30)16-28-8-5-18(6-9-28)26-14-19-13-21-22(15-27-19)34-12-11-33-21/h1-4,13,15,18,20,26H,5-12,14,16H2. The van der Waals surface area contributed by atoms with E-state index in [0.29, 0.717) is 38.1 Å². The predicted octanol–water partition coefficient (Wildman–Crippen LogP) is 1.53. The number of nitrogens with one attached hydrogen (secondary N) is 1. The average molecular weight is 464 g/mol. The predicted molar refractivity (Wildman–Crippen MR) is 128 cm³/mol. The van der Waals surface area contributed by atoms with E-state index < -0.39 is 0 Å². The van der Waals surface area contributed by atoms with E-state index in [1.54, 1.807) is 22.9 Å². The van der Waals surface area contributed by atoms with Crippen LogP contribution in [0.5, 0.6) is 11.5 Å². The Labute approximate surface area is 196 Å². The van der Waals surface area contributed by atoms with Crippen LogP contribution in [0.25, 0.3) is 11.0 Å². The zero-order valence-corrected chi connectivity index (χ0v) is 19.1. The van der Waals surface area contributed by atoms with Crippen molar-refractivity contribution >= 4 is 11.0 Å². The van der Waals surface area contributed by atoms with Crippen LogP contribution in [0.4, 0.5) is 0 Å². The fraction of sp³-hybridized carbons (Fsp3) is 0.480. The van der Waals surface area contributed by atoms with Gasteiger partial charge in [-0.3, -0.25) is 23.7 Å². The summed E-state index contributed by atoms with van der Waals surface area (Å²) < 4.78 is 14.8. The third-order valence-corrected chi connectivity index (χ3v) is 7.22. The van der Waals surface area contributed by atoms with E-state index in [9.17, 15) is 9.59 Å². The SMILES string of the molecule is O=c1ccc2ccc(=O)n3c2n1CCC3CN1CCC(NCc2cc3c(cn2)OCCO3)CC1. The minimum Gasteiger partial charge on any atom is -0.486 e. The van der Waals surface area contributed by atoms with Gasteiger partial charge >= 0.3 is 0 Å². The molecule has 1 saturated heterocycles. The first kappa shape index (κ1) is 21.4. The van der Waals surface area contributed by atoms with Crippen molar-refractivity contribution in [2.45, 2.75) is 44.4 Å². The molecule has 0 bridgehead atoms. The van der Waals surface area contributed by atoms with Gasteiger partial charge in [-0.25, -0.2) is 0 Å². The van der Waals surface area contributed by atoms with Crippen molar-refractivity contribution in [3.8, 4) is 11.5 Å². The number of pyridine rings is 3. The fourth-order valence-corrected chi connectivity index (χ4v) is 5.43. The molecule has 178 valence electrons. The summed E-state index contributed by atoms with van der Waals surface area (Å²) in [5, 5.41) is 4.58. The second-order valence-electron chi connectivity index (χ2n) is 9.36. The molecule has 3 aliphatic heterocycles. The molecular formula is C25H29N5O4. The average Bonchev–Trinajstić information content (AvgIpc) is 2.87. The Morgan fingerprint density at radius 2 is 1.71 bits per heavy atom. The Kier molecular flexibility index (Phi) is 5.58. The molecule has 3 aromatic rings. The van der Waals surface area contributed by atoms with Crippen LogP contribution in [0.1, 0.15) is 31.0 Å². The normalized spacial score (nSPS) is 20.5. The Hall–Kier alpha value is -3.17. The lowest BCUT2D eigenvalue weighted by molar-refractivity contribution is 0.163. The first-order chi connectivity index (χ1) is 16.7. The van der Waals surface area contributed by atoms with Gasteiger partial charge in [0.25, 0.3) is 11.1 Å². The van der Waals surface area contributed by atoms with E-state index >= 15 is 0 Å². The molecule has 3 aromatic heterocycles. The molecule has 0 aromatic carbocycles. The van der Waals surface area contributed by atoms with Crippen molar-refractivity contribution in [2.75, 3.05) is 32.8 Å². The molecule has 1 unspecified atom stereocenters. The second kappa shape index (κ2) is 8.88. The van der Waals surface area contributed by atoms with Crippen molar-refractivity contribution in [1.82, 2.24) is 24.3 Å². The lowest BCUT2D eigenvalue weighted by Crippen LogP contribution is -2.46. The van der Waals surface area contributed by atoms with Crippen molar-refractivity contribution in [1.29, 1.82) is 0 Å². The monoisotopic (exact) mass is 463 g/mol. The maximum atomic E-state index is 12.8. The van der Waals surface area contributed by atoms with Gasteiger partial charge in [0, 0.05) is 49.3 Å². The van der Waals surface area contributed by atoms with Crippen LogP contribution >= 0.6 is 0 Å². The molecule has 1 fully saturated rings. The summed E-state index contributed by atoms with van der Waals surface area (Å²) in [5.41, 5.74) is 1.65. The molecular weight excluding hydrogens is 434 g/mol. The molecule has 0 radical (unpaired) electrons. The van der Waals surface area contributed by atoms with Gasteiger partial charge in [0.2, 0.25) is 0 Å². The number of rotatable bonds is 5. The summed E-state index contributed by atoms with van der Waals surface area (Å²) in [6.07, 6.45) is 4.63. The fourth-order valence-electron chi connectivity index (χ4n) is 5.43. The topological polar surface area (TPSA) is 90.6 Å². The van der Waals surface area contributed by atoms with Crippen molar-refractivity contribution < 1.29 is 9.47 Å². The summed E-state index contributed by atoms with van der Waals surface area (Å²) in [6.45, 7) is 5.30. The number of piperidine rings is 1. The molecule has 0 amide bonds. The molecule has 0 saturated carbocycles. The van der Waals surface area contributed by atoms with Crippen LogP contribution in [0.3, 0.4) is 0 Å². The molecule has 3 aliphatic rings. The number of nitrogens with zero attached hydrogens (tertiary/aromatic N) is 4. The van der Waals surface area contributed by atoms with Gasteiger partial charge in [0.15, 0.2) is 11.5 Å². The maximum absolute atomic E-state index is 12.8. The number of hydrogen-bond donors (Lipinski definition) is 1. The van der Waals surface area contributed by atoms with Crippen LogP contribution in [-0.2, 0) is 13.1 Å². The van der Waals surface area contributed by atoms with Gasteiger partial charge in [0.1, 0.15) is 18.9 Å². The summed E-state index contributed by atoms with van der Waals surface area (Å²) in [4.78, 5) is 32.1. The summed E-state index contributed by atoms with van der Waals surface area (Å²) >= 11 is 0. The highest BCUT2D eigenvalue weighted by atomic mass is 16.6. The Bertz CT molecular complexity index is 1320. The van der Waals surface area contributed by atoms with Gasteiger partial charge < -0.3 is 19.7 Å². The van der Waals surface area contributed by atoms with Gasteiger partial charge in [-0.2, -0.15) is 0 Å². The molecule has 9 heteroatoms. The number of hydrogen-bond acceptors (Lipinski definition) is 7. The van der Waals surface area contributed by atoms with E-state index in [1.165, 1.54) is 0 Å². The first-order valence-corrected chi connectivity index (χ1v) is 12.1. The quantitative estimate of drug-likeness (QED) is 0.614. The van der Waals surface area contributed by atoms with Gasteiger partial charge in [-0.05, 0) is 44.5 Å². The molecule has 9 nitrogen and oxygen atoms in total. The van der Waals surface area contributed by atoms with Crippen molar-refractivity contribution in [2.24, 2.45) is 0 Å². The lowest BCUT2D eigenvalue weighted by Gasteiger charge is -2.37. The van der Waals surface area contributed by atoms with Crippen LogP contribution in [0.15, 0.2) is 46.1 Å². The first-order valence-electron chi connectivity index (χ1n) is 12.1. The molecule has 1 atom stereocenters. The van der Waals surface area contributed by atoms with Crippen LogP contribution < -0.4 is 25.9 Å². The summed E-state index contributed by atoms with van der Waals surface area (Å²) in [7, 11) is 0. The van der Waals surface area contributed by atoms with E-state index in [4.69, 9.17) is 9.47 Å². The molecule has 1 N–H and O–H groups in total. The molecule has 6 rings (SSSR count). The highest BCUT2D eigenvalue weighted by Crippen LogP contribution is 2.29. The Morgan fingerprint density at radius 3 is 2.53 bits per heavy atom. The molecule has 34 heavy (non-hydrogen) atoms. The number of aromatic nitrogens is 3. The highest BCUT2D eigenvalue weighted by Gasteiger charge is 2.27. The molecule has 6 heterocycles. The van der Waals surface area contributed by atoms with Crippen molar-refractivity contribution in [3.63, 3.8) is 0 Å². The summed E-state index contributed by atoms with van der Waals surface area (Å²) in [5.74, 6) is 1.49. The lowest BCUT2D eigenvalue weighted by atomic mass is 10.0. The number of ether oxygens (including phenoxy) is 2. The Balaban J connectivity index is 1.08. The van der Waals surface area contributed by atoms with Crippen LogP contribution in [0, 0.1) is 0 Å². The minimum atomic E-state index is -0.0373. The zero-order chi connectivity index (χ0) is 23.1. The number of likely N-dealkylation sites (tertiary alicyclic amines) is 1. The molecule has 0 spiro atoms. The highest BCUT2D eigenvalue weighted by molar-refractivity contribution is 5.75. The van der Waals surface area contributed by atoms with Crippen LogP contribution in [0.2, 0.25) is 0 Å². The largest absolute Gasteiger partial charge is 0.486 e. The van der Waals surface area contributed by atoms with Gasteiger partial charge in [-0.15, -0.1) is 0 Å². The smallest absolute Gasteiger partial charge is 0.252 e. The minimum absolute atomic E-state index is 0.0277. The maximum Gasteiger partial charge on any atom is 0.252 e. The number of fused-ring (bicyclic) bond motifs is 1. The number of aryl methyl sites for hydroxylation is 1. The van der Waals surface area contributed by atoms with E-state index in [-0.39, 0.29) is 17.2 Å².